The smallest absolute Gasteiger partial charge is 0.253 e. The number of nitrogens with one attached hydrogen (secondary N) is 1. The number of hydrogen-bond donors (Lipinski definition) is 2. The minimum absolute atomic E-state index is 0. The molecule has 1 aromatic carbocycles. The van der Waals surface area contributed by atoms with Crippen molar-refractivity contribution in [2.45, 2.75) is 69.9 Å². The van der Waals surface area contributed by atoms with Gasteiger partial charge in [0.15, 0.2) is 0 Å². The fraction of sp³-hybridized carbons (Fsp3) is 0.545. The first kappa shape index (κ1) is 18.4. The first-order valence-corrected chi connectivity index (χ1v) is 9.93. The summed E-state index contributed by atoms with van der Waals surface area (Å²) in [5.74, 6) is 0.243. The fourth-order valence-electron chi connectivity index (χ4n) is 4.21. The minimum atomic E-state index is -0.666. The van der Waals surface area contributed by atoms with Gasteiger partial charge in [0.05, 0.1) is 16.7 Å². The quantitative estimate of drug-likeness (QED) is 0.827. The van der Waals surface area contributed by atoms with Crippen LogP contribution in [0.15, 0.2) is 24.4 Å². The van der Waals surface area contributed by atoms with Crippen LogP contribution in [-0.2, 0) is 0 Å². The number of carbonyl (C=O) groups excluding carboxylic acids is 1. The van der Waals surface area contributed by atoms with Crippen molar-refractivity contribution in [3.63, 3.8) is 0 Å². The molecule has 4 nitrogen and oxygen atoms in total. The van der Waals surface area contributed by atoms with Gasteiger partial charge in [-0.1, -0.05) is 0 Å². The van der Waals surface area contributed by atoms with Crippen molar-refractivity contribution < 1.29 is 15.7 Å². The number of pyridine rings is 1. The van der Waals surface area contributed by atoms with E-state index in [2.05, 4.69) is 10.3 Å². The van der Waals surface area contributed by atoms with Crippen LogP contribution in [0.5, 0.6) is 0 Å². The predicted molar refractivity (Wildman–Crippen MR) is 105 cm³/mol. The van der Waals surface area contributed by atoms with Crippen LogP contribution in [0.2, 0.25) is 0 Å². The second-order valence-electron chi connectivity index (χ2n) is 8.74. The molecule has 2 aromatic rings. The zero-order chi connectivity index (χ0) is 19.2. The lowest BCUT2D eigenvalue weighted by Crippen LogP contribution is -2.41. The van der Waals surface area contributed by atoms with E-state index in [0.29, 0.717) is 16.9 Å². The summed E-state index contributed by atoms with van der Waals surface area (Å²) in [6.45, 7) is 3.70. The van der Waals surface area contributed by atoms with Crippen molar-refractivity contribution >= 4 is 16.8 Å². The number of hydrogen-bond acceptors (Lipinski definition) is 3. The highest BCUT2D eigenvalue weighted by Gasteiger charge is 2.32. The molecule has 4 rings (SSSR count). The standard InChI is InChI=1S/C22H27FN2O2.H2/c1-22(2,27)16-5-7-17(8-6-16)25-21(26)15-9-14-10-19(23)18(13-3-4-13)11-20(14)24-12-15;/h9-13,16-17,27H,3-8H2,1-2H3,(H,25,26);1H. The van der Waals surface area contributed by atoms with E-state index in [1.54, 1.807) is 12.3 Å². The van der Waals surface area contributed by atoms with E-state index in [9.17, 15) is 14.3 Å². The average Bonchev–Trinajstić information content (AvgIpc) is 3.45. The van der Waals surface area contributed by atoms with Gasteiger partial charge in [0.25, 0.3) is 5.91 Å². The largest absolute Gasteiger partial charge is 0.390 e. The first-order chi connectivity index (χ1) is 12.8. The highest BCUT2D eigenvalue weighted by atomic mass is 19.1. The van der Waals surface area contributed by atoms with Crippen LogP contribution in [0.3, 0.4) is 0 Å². The number of amides is 1. The van der Waals surface area contributed by atoms with Gasteiger partial charge in [0.1, 0.15) is 5.82 Å². The van der Waals surface area contributed by atoms with Gasteiger partial charge in [0.2, 0.25) is 0 Å². The number of halogens is 1. The highest BCUT2D eigenvalue weighted by Crippen LogP contribution is 2.42. The molecule has 2 N–H and O–H groups in total. The molecule has 2 aliphatic rings. The molecule has 5 heteroatoms. The molecule has 1 aromatic heterocycles. The van der Waals surface area contributed by atoms with Crippen molar-refractivity contribution in [1.82, 2.24) is 10.3 Å². The average molecular weight is 372 g/mol. The van der Waals surface area contributed by atoms with E-state index >= 15 is 0 Å². The Morgan fingerprint density at radius 3 is 2.52 bits per heavy atom. The molecule has 2 aliphatic carbocycles. The number of fused-ring (bicyclic) bond motifs is 1. The Balaban J connectivity index is 0.00000225. The van der Waals surface area contributed by atoms with E-state index in [0.717, 1.165) is 49.6 Å². The molecule has 1 heterocycles. The number of benzene rings is 1. The summed E-state index contributed by atoms with van der Waals surface area (Å²) in [6, 6.07) is 5.16. The minimum Gasteiger partial charge on any atom is -0.390 e. The van der Waals surface area contributed by atoms with Crippen LogP contribution >= 0.6 is 0 Å². The number of nitrogens with zero attached hydrogens (tertiary/aromatic N) is 1. The van der Waals surface area contributed by atoms with Crippen molar-refractivity contribution in [3.05, 3.63) is 41.3 Å². The molecule has 0 unspecified atom stereocenters. The molecular formula is C22H29FN2O2. The Morgan fingerprint density at radius 2 is 1.89 bits per heavy atom. The molecule has 1 amide bonds. The Hall–Kier alpha value is -2.01. The van der Waals surface area contributed by atoms with Gasteiger partial charge < -0.3 is 10.4 Å². The summed E-state index contributed by atoms with van der Waals surface area (Å²) in [7, 11) is 0. The summed E-state index contributed by atoms with van der Waals surface area (Å²) in [5.41, 5.74) is 1.28. The van der Waals surface area contributed by atoms with E-state index < -0.39 is 5.60 Å². The number of aromatic nitrogens is 1. The highest BCUT2D eigenvalue weighted by molar-refractivity contribution is 5.97. The number of aliphatic hydroxyl groups is 1. The second-order valence-corrected chi connectivity index (χ2v) is 8.74. The van der Waals surface area contributed by atoms with Crippen LogP contribution in [0, 0.1) is 11.7 Å². The predicted octanol–water partition coefficient (Wildman–Crippen LogP) is 4.56. The van der Waals surface area contributed by atoms with Crippen LogP contribution in [0.1, 0.15) is 75.6 Å². The van der Waals surface area contributed by atoms with Crippen LogP contribution < -0.4 is 5.32 Å². The molecular weight excluding hydrogens is 343 g/mol. The molecule has 0 radical (unpaired) electrons. The van der Waals surface area contributed by atoms with E-state index in [-0.39, 0.29) is 25.1 Å². The van der Waals surface area contributed by atoms with Crippen molar-refractivity contribution in [2.24, 2.45) is 5.92 Å². The first-order valence-electron chi connectivity index (χ1n) is 9.93. The summed E-state index contributed by atoms with van der Waals surface area (Å²) in [5, 5.41) is 13.9. The lowest BCUT2D eigenvalue weighted by molar-refractivity contribution is -0.00257. The summed E-state index contributed by atoms with van der Waals surface area (Å²) < 4.78 is 14.3. The summed E-state index contributed by atoms with van der Waals surface area (Å²) in [6.07, 6.45) is 7.19. The van der Waals surface area contributed by atoms with Crippen molar-refractivity contribution in [2.75, 3.05) is 0 Å². The SMILES string of the molecule is CC(C)(O)C1CCC(NC(=O)c2cnc3cc(C4CC4)c(F)cc3c2)CC1.[HH]. The Labute approximate surface area is 160 Å². The molecule has 0 bridgehead atoms. The van der Waals surface area contributed by atoms with Gasteiger partial charge >= 0.3 is 0 Å². The lowest BCUT2D eigenvalue weighted by Gasteiger charge is -2.36. The lowest BCUT2D eigenvalue weighted by atomic mass is 9.77. The second kappa shape index (κ2) is 6.86. The molecule has 0 atom stereocenters. The maximum absolute atomic E-state index is 14.3. The number of rotatable bonds is 4. The third kappa shape index (κ3) is 3.98. The summed E-state index contributed by atoms with van der Waals surface area (Å²) in [4.78, 5) is 17.0. The number of carbonyl (C=O) groups is 1. The van der Waals surface area contributed by atoms with Crippen molar-refractivity contribution in [1.29, 1.82) is 0 Å². The van der Waals surface area contributed by atoms with Gasteiger partial charge in [-0.25, -0.2) is 4.39 Å². The van der Waals surface area contributed by atoms with E-state index in [1.807, 2.05) is 19.9 Å². The van der Waals surface area contributed by atoms with E-state index in [4.69, 9.17) is 0 Å². The van der Waals surface area contributed by atoms with Crippen LogP contribution in [0.25, 0.3) is 10.9 Å². The van der Waals surface area contributed by atoms with Gasteiger partial charge in [-0.05, 0) is 88.0 Å². The third-order valence-electron chi connectivity index (χ3n) is 6.14. The maximum Gasteiger partial charge on any atom is 0.253 e. The van der Waals surface area contributed by atoms with Crippen LogP contribution in [-0.4, -0.2) is 27.6 Å². The van der Waals surface area contributed by atoms with Crippen LogP contribution in [0.4, 0.5) is 4.39 Å². The molecule has 27 heavy (non-hydrogen) atoms. The van der Waals surface area contributed by atoms with Gasteiger partial charge in [-0.15, -0.1) is 0 Å². The summed E-state index contributed by atoms with van der Waals surface area (Å²) >= 11 is 0. The Morgan fingerprint density at radius 1 is 1.19 bits per heavy atom. The third-order valence-corrected chi connectivity index (χ3v) is 6.14. The Kier molecular flexibility index (Phi) is 4.66. The molecule has 146 valence electrons. The van der Waals surface area contributed by atoms with Gasteiger partial charge in [-0.2, -0.15) is 0 Å². The van der Waals surface area contributed by atoms with Gasteiger partial charge in [0, 0.05) is 19.1 Å². The molecule has 0 saturated heterocycles. The molecule has 2 saturated carbocycles. The molecule has 0 spiro atoms. The topological polar surface area (TPSA) is 62.2 Å². The van der Waals surface area contributed by atoms with Crippen molar-refractivity contribution in [3.8, 4) is 0 Å². The zero-order valence-electron chi connectivity index (χ0n) is 16.0. The fourth-order valence-corrected chi connectivity index (χ4v) is 4.21. The van der Waals surface area contributed by atoms with Gasteiger partial charge in [-0.3, -0.25) is 9.78 Å². The normalized spacial score (nSPS) is 23.4. The van der Waals surface area contributed by atoms with E-state index in [1.165, 1.54) is 6.07 Å². The molecule has 0 aliphatic heterocycles. The Bertz CT molecular complexity index is 869. The molecule has 2 fully saturated rings. The maximum atomic E-state index is 14.3. The zero-order valence-corrected chi connectivity index (χ0v) is 16.0. The monoisotopic (exact) mass is 372 g/mol.